The van der Waals surface area contributed by atoms with E-state index in [9.17, 15) is 4.79 Å². The molecule has 0 saturated carbocycles. The highest BCUT2D eigenvalue weighted by atomic mass is 16.5. The van der Waals surface area contributed by atoms with Crippen LogP contribution in [0.25, 0.3) is 0 Å². The van der Waals surface area contributed by atoms with E-state index in [4.69, 9.17) is 24.0 Å². The average Bonchev–Trinajstić information content (AvgIpc) is 3.34. The fourth-order valence-electron chi connectivity index (χ4n) is 4.77. The molecule has 0 spiro atoms. The Morgan fingerprint density at radius 3 is 2.23 bits per heavy atom. The zero-order chi connectivity index (χ0) is 24.9. The van der Waals surface area contributed by atoms with Crippen molar-refractivity contribution in [2.45, 2.75) is 32.2 Å². The van der Waals surface area contributed by atoms with Gasteiger partial charge in [-0.05, 0) is 62.2 Å². The van der Waals surface area contributed by atoms with E-state index in [-0.39, 0.29) is 11.9 Å². The molecule has 35 heavy (non-hydrogen) atoms. The molecule has 2 aliphatic heterocycles. The average molecular weight is 482 g/mol. The van der Waals surface area contributed by atoms with Gasteiger partial charge in [0, 0.05) is 23.6 Å². The van der Waals surface area contributed by atoms with Crippen LogP contribution in [-0.2, 0) is 4.79 Å². The Hall–Kier alpha value is -3.26. The molecule has 1 atom stereocenters. The molecular formula is C27H35N3O5. The molecule has 4 rings (SSSR count). The number of methoxy groups -OCH3 is 4. The van der Waals surface area contributed by atoms with Crippen LogP contribution in [0.3, 0.4) is 0 Å². The van der Waals surface area contributed by atoms with Crippen LogP contribution < -0.4 is 18.9 Å². The largest absolute Gasteiger partial charge is 0.497 e. The van der Waals surface area contributed by atoms with Gasteiger partial charge in [-0.1, -0.05) is 6.92 Å². The second-order valence-electron chi connectivity index (χ2n) is 9.14. The molecular weight excluding hydrogens is 446 g/mol. The van der Waals surface area contributed by atoms with Crippen LogP contribution in [0.5, 0.6) is 23.0 Å². The van der Waals surface area contributed by atoms with Crippen LogP contribution in [0.15, 0.2) is 41.5 Å². The summed E-state index contributed by atoms with van der Waals surface area (Å²) in [6.45, 7) is 4.46. The van der Waals surface area contributed by atoms with Gasteiger partial charge < -0.3 is 18.9 Å². The fourth-order valence-corrected chi connectivity index (χ4v) is 4.77. The predicted molar refractivity (Wildman–Crippen MR) is 135 cm³/mol. The minimum Gasteiger partial charge on any atom is -0.497 e. The summed E-state index contributed by atoms with van der Waals surface area (Å²) < 4.78 is 22.1. The Bertz CT molecular complexity index is 1080. The van der Waals surface area contributed by atoms with E-state index >= 15 is 0 Å². The molecule has 2 aromatic rings. The van der Waals surface area contributed by atoms with Gasteiger partial charge in [0.15, 0.2) is 0 Å². The lowest BCUT2D eigenvalue weighted by Gasteiger charge is -2.31. The fraction of sp³-hybridized carbons (Fsp3) is 0.481. The standard InChI is InChI=1S/C27H35N3O5/c1-18-10-12-29(13-11-18)17-27(31)30-24(22-14-19(32-2)7-9-25(22)34-4)16-23(28-30)21-8-6-20(33-3)15-26(21)35-5/h6-9,14-15,18,24H,10-13,16-17H2,1-5H3/t24-/m0/s1. The van der Waals surface area contributed by atoms with Crippen LogP contribution in [0.2, 0.25) is 0 Å². The number of benzene rings is 2. The quantitative estimate of drug-likeness (QED) is 0.565. The molecule has 1 amide bonds. The Labute approximate surface area is 207 Å². The van der Waals surface area contributed by atoms with Gasteiger partial charge in [-0.2, -0.15) is 5.10 Å². The number of hydrogen-bond acceptors (Lipinski definition) is 7. The highest BCUT2D eigenvalue weighted by molar-refractivity contribution is 6.05. The molecule has 2 aromatic carbocycles. The maximum absolute atomic E-state index is 13.6. The minimum atomic E-state index is -0.321. The Kier molecular flexibility index (Phi) is 7.80. The van der Waals surface area contributed by atoms with Crippen LogP contribution in [0, 0.1) is 5.92 Å². The van der Waals surface area contributed by atoms with Gasteiger partial charge in [0.25, 0.3) is 5.91 Å². The predicted octanol–water partition coefficient (Wildman–Crippen LogP) is 4.13. The van der Waals surface area contributed by atoms with Crippen molar-refractivity contribution in [2.75, 3.05) is 48.1 Å². The topological polar surface area (TPSA) is 72.8 Å². The Balaban J connectivity index is 1.70. The lowest BCUT2D eigenvalue weighted by Crippen LogP contribution is -2.41. The molecule has 8 nitrogen and oxygen atoms in total. The zero-order valence-corrected chi connectivity index (χ0v) is 21.2. The Morgan fingerprint density at radius 1 is 0.914 bits per heavy atom. The van der Waals surface area contributed by atoms with E-state index in [0.29, 0.717) is 41.9 Å². The zero-order valence-electron chi connectivity index (χ0n) is 21.2. The summed E-state index contributed by atoms with van der Waals surface area (Å²) in [5.41, 5.74) is 2.47. The number of ether oxygens (including phenoxy) is 4. The second kappa shape index (κ2) is 11.0. The van der Waals surface area contributed by atoms with Crippen molar-refractivity contribution < 1.29 is 23.7 Å². The second-order valence-corrected chi connectivity index (χ2v) is 9.14. The molecule has 0 N–H and O–H groups in total. The van der Waals surface area contributed by atoms with E-state index in [1.807, 2.05) is 36.4 Å². The lowest BCUT2D eigenvalue weighted by atomic mass is 9.96. The number of hydrazone groups is 1. The molecule has 0 bridgehead atoms. The number of amides is 1. The lowest BCUT2D eigenvalue weighted by molar-refractivity contribution is -0.134. The minimum absolute atomic E-state index is 0.0306. The van der Waals surface area contributed by atoms with Gasteiger partial charge in [-0.15, -0.1) is 0 Å². The summed E-state index contributed by atoms with van der Waals surface area (Å²) in [5, 5.41) is 6.47. The van der Waals surface area contributed by atoms with E-state index in [1.54, 1.807) is 33.4 Å². The van der Waals surface area contributed by atoms with Gasteiger partial charge >= 0.3 is 0 Å². The number of carbonyl (C=O) groups excluding carboxylic acids is 1. The molecule has 1 saturated heterocycles. The number of hydrogen-bond donors (Lipinski definition) is 0. The third kappa shape index (κ3) is 5.37. The summed E-state index contributed by atoms with van der Waals surface area (Å²) in [5.74, 6) is 3.42. The first-order chi connectivity index (χ1) is 17.0. The molecule has 2 aliphatic rings. The van der Waals surface area contributed by atoms with Crippen LogP contribution in [-0.4, -0.2) is 69.6 Å². The maximum atomic E-state index is 13.6. The van der Waals surface area contributed by atoms with Crippen molar-refractivity contribution in [3.8, 4) is 23.0 Å². The van der Waals surface area contributed by atoms with Gasteiger partial charge in [0.2, 0.25) is 0 Å². The highest BCUT2D eigenvalue weighted by Crippen LogP contribution is 2.41. The van der Waals surface area contributed by atoms with Crippen molar-refractivity contribution in [1.82, 2.24) is 9.91 Å². The molecule has 188 valence electrons. The number of piperidine rings is 1. The van der Waals surface area contributed by atoms with Gasteiger partial charge in [0.1, 0.15) is 23.0 Å². The van der Waals surface area contributed by atoms with Gasteiger partial charge in [-0.3, -0.25) is 9.69 Å². The van der Waals surface area contributed by atoms with Crippen LogP contribution in [0.1, 0.15) is 43.4 Å². The van der Waals surface area contributed by atoms with Crippen molar-refractivity contribution in [1.29, 1.82) is 0 Å². The van der Waals surface area contributed by atoms with Gasteiger partial charge in [0.05, 0.1) is 46.7 Å². The first kappa shape index (κ1) is 24.9. The number of rotatable bonds is 8. The van der Waals surface area contributed by atoms with Crippen molar-refractivity contribution in [3.63, 3.8) is 0 Å². The normalized spacial score (nSPS) is 18.8. The third-order valence-electron chi connectivity index (χ3n) is 6.92. The molecule has 8 heteroatoms. The van der Waals surface area contributed by atoms with Crippen molar-refractivity contribution in [3.05, 3.63) is 47.5 Å². The molecule has 0 aliphatic carbocycles. The number of likely N-dealkylation sites (tertiary alicyclic amines) is 1. The monoisotopic (exact) mass is 481 g/mol. The SMILES string of the molecule is COc1ccc(C2=NN(C(=O)CN3CCC(C)CC3)[C@H](c3cc(OC)ccc3OC)C2)c(OC)c1. The molecule has 0 radical (unpaired) electrons. The number of carbonyl (C=O) groups is 1. The Morgan fingerprint density at radius 2 is 1.57 bits per heavy atom. The third-order valence-corrected chi connectivity index (χ3v) is 6.92. The molecule has 2 heterocycles. The van der Waals surface area contributed by atoms with Gasteiger partial charge in [-0.25, -0.2) is 5.01 Å². The van der Waals surface area contributed by atoms with Crippen molar-refractivity contribution >= 4 is 11.6 Å². The summed E-state index contributed by atoms with van der Waals surface area (Å²) in [6.07, 6.45) is 2.74. The summed E-state index contributed by atoms with van der Waals surface area (Å²) >= 11 is 0. The van der Waals surface area contributed by atoms with Crippen LogP contribution >= 0.6 is 0 Å². The molecule has 0 aromatic heterocycles. The van der Waals surface area contributed by atoms with Crippen LogP contribution in [0.4, 0.5) is 0 Å². The molecule has 1 fully saturated rings. The van der Waals surface area contributed by atoms with E-state index in [0.717, 1.165) is 42.8 Å². The summed E-state index contributed by atoms with van der Waals surface area (Å²) in [4.78, 5) is 15.8. The molecule has 0 unspecified atom stereocenters. The highest BCUT2D eigenvalue weighted by Gasteiger charge is 2.36. The van der Waals surface area contributed by atoms with E-state index in [2.05, 4.69) is 11.8 Å². The van der Waals surface area contributed by atoms with Crippen molar-refractivity contribution in [2.24, 2.45) is 11.0 Å². The van der Waals surface area contributed by atoms with E-state index in [1.165, 1.54) is 0 Å². The summed E-state index contributed by atoms with van der Waals surface area (Å²) in [7, 11) is 6.51. The first-order valence-corrected chi connectivity index (χ1v) is 12.0. The first-order valence-electron chi connectivity index (χ1n) is 12.0. The smallest absolute Gasteiger partial charge is 0.257 e. The number of nitrogens with zero attached hydrogens (tertiary/aromatic N) is 3. The maximum Gasteiger partial charge on any atom is 0.257 e. The van der Waals surface area contributed by atoms with E-state index < -0.39 is 0 Å². The summed E-state index contributed by atoms with van der Waals surface area (Å²) in [6, 6.07) is 11.0.